The van der Waals surface area contributed by atoms with E-state index in [4.69, 9.17) is 4.74 Å². The van der Waals surface area contributed by atoms with Crippen molar-refractivity contribution in [2.24, 2.45) is 0 Å². The molecule has 5 heteroatoms. The Balaban J connectivity index is 2.58. The number of ether oxygens (including phenoxy) is 1. The molecule has 112 valence electrons. The van der Waals surface area contributed by atoms with Crippen molar-refractivity contribution in [1.82, 2.24) is 5.32 Å². The lowest BCUT2D eigenvalue weighted by Crippen LogP contribution is -2.19. The molecule has 2 aromatic rings. The van der Waals surface area contributed by atoms with Crippen molar-refractivity contribution in [2.75, 3.05) is 14.2 Å². The predicted molar refractivity (Wildman–Crippen MR) is 82.7 cm³/mol. The van der Waals surface area contributed by atoms with Crippen molar-refractivity contribution in [1.29, 1.82) is 0 Å². The van der Waals surface area contributed by atoms with E-state index >= 15 is 0 Å². The van der Waals surface area contributed by atoms with Gasteiger partial charge in [-0.15, -0.1) is 0 Å². The molecule has 0 saturated heterocycles. The Morgan fingerprint density at radius 1 is 1.10 bits per heavy atom. The molecule has 0 aromatic heterocycles. The number of hydrogen-bond acceptors (Lipinski definition) is 2. The average Bonchev–Trinajstić information content (AvgIpc) is 2.42. The van der Waals surface area contributed by atoms with Gasteiger partial charge in [0, 0.05) is 16.1 Å². The van der Waals surface area contributed by atoms with Gasteiger partial charge in [-0.1, -0.05) is 15.9 Å². The van der Waals surface area contributed by atoms with Crippen LogP contribution in [0.3, 0.4) is 0 Å². The van der Waals surface area contributed by atoms with Gasteiger partial charge in [0.2, 0.25) is 0 Å². The summed E-state index contributed by atoms with van der Waals surface area (Å²) in [7, 11) is 3.31. The third-order valence-electron chi connectivity index (χ3n) is 3.33. The van der Waals surface area contributed by atoms with Gasteiger partial charge < -0.3 is 10.1 Å². The van der Waals surface area contributed by atoms with E-state index in [-0.39, 0.29) is 6.04 Å². The topological polar surface area (TPSA) is 21.3 Å². The van der Waals surface area contributed by atoms with E-state index in [9.17, 15) is 8.78 Å². The summed E-state index contributed by atoms with van der Waals surface area (Å²) in [4.78, 5) is 0. The number of benzene rings is 2. The first-order valence-electron chi connectivity index (χ1n) is 6.43. The molecule has 0 heterocycles. The fourth-order valence-corrected chi connectivity index (χ4v) is 2.68. The highest BCUT2D eigenvalue weighted by Gasteiger charge is 2.19. The highest BCUT2D eigenvalue weighted by molar-refractivity contribution is 9.10. The summed E-state index contributed by atoms with van der Waals surface area (Å²) in [5, 5.41) is 3.08. The fraction of sp³-hybridized carbons (Fsp3) is 0.250. The highest BCUT2D eigenvalue weighted by atomic mass is 79.9. The number of rotatable bonds is 4. The summed E-state index contributed by atoms with van der Waals surface area (Å²) in [5.74, 6) is -0.537. The number of halogens is 3. The maximum absolute atomic E-state index is 13.5. The second-order valence-electron chi connectivity index (χ2n) is 4.77. The molecule has 1 N–H and O–H groups in total. The van der Waals surface area contributed by atoms with Crippen LogP contribution in [0, 0.1) is 18.6 Å². The molecule has 2 nitrogen and oxygen atoms in total. The van der Waals surface area contributed by atoms with Gasteiger partial charge >= 0.3 is 0 Å². The van der Waals surface area contributed by atoms with Crippen LogP contribution in [0.5, 0.6) is 5.75 Å². The lowest BCUT2D eigenvalue weighted by Gasteiger charge is -2.21. The maximum atomic E-state index is 13.5. The van der Waals surface area contributed by atoms with E-state index < -0.39 is 11.6 Å². The van der Waals surface area contributed by atoms with Crippen LogP contribution >= 0.6 is 15.9 Å². The average molecular weight is 356 g/mol. The summed E-state index contributed by atoms with van der Waals surface area (Å²) in [6, 6.07) is 6.91. The molecule has 2 aromatic carbocycles. The van der Waals surface area contributed by atoms with Gasteiger partial charge in [0.15, 0.2) is 0 Å². The Morgan fingerprint density at radius 3 is 2.24 bits per heavy atom. The summed E-state index contributed by atoms with van der Waals surface area (Å²) < 4.78 is 33.2. The second-order valence-corrected chi connectivity index (χ2v) is 5.62. The predicted octanol–water partition coefficient (Wildman–Crippen LogP) is 4.35. The molecule has 2 rings (SSSR count). The zero-order chi connectivity index (χ0) is 15.6. The number of nitrogens with one attached hydrogen (secondary N) is 1. The van der Waals surface area contributed by atoms with Crippen molar-refractivity contribution in [2.45, 2.75) is 13.0 Å². The molecule has 21 heavy (non-hydrogen) atoms. The normalized spacial score (nSPS) is 12.3. The minimum atomic E-state index is -0.601. The Labute approximate surface area is 131 Å². The smallest absolute Gasteiger partial charge is 0.126 e. The van der Waals surface area contributed by atoms with E-state index in [1.165, 1.54) is 12.1 Å². The molecule has 0 amide bonds. The van der Waals surface area contributed by atoms with Crippen molar-refractivity contribution in [3.63, 3.8) is 0 Å². The molecule has 0 aliphatic rings. The molecule has 0 radical (unpaired) electrons. The van der Waals surface area contributed by atoms with Crippen LogP contribution in [0.15, 0.2) is 34.8 Å². The standard InChI is InChI=1S/C16H16BrF2NO/c1-9-4-15(21-3)13(8-14(9)17)16(20-2)10-5-11(18)7-12(19)6-10/h4-8,16,20H,1-3H3. The molecule has 0 spiro atoms. The van der Waals surface area contributed by atoms with E-state index in [0.717, 1.165) is 21.7 Å². The van der Waals surface area contributed by atoms with E-state index in [0.29, 0.717) is 11.3 Å². The Bertz CT molecular complexity index is 641. The van der Waals surface area contributed by atoms with Crippen LogP contribution in [0.1, 0.15) is 22.7 Å². The Morgan fingerprint density at radius 2 is 1.71 bits per heavy atom. The van der Waals surface area contributed by atoms with Gasteiger partial charge in [-0.3, -0.25) is 0 Å². The first-order valence-corrected chi connectivity index (χ1v) is 7.23. The first kappa shape index (κ1) is 15.9. The van der Waals surface area contributed by atoms with Gasteiger partial charge in [0.05, 0.1) is 13.2 Å². The summed E-state index contributed by atoms with van der Waals surface area (Å²) in [6.45, 7) is 1.95. The third kappa shape index (κ3) is 3.41. The number of hydrogen-bond donors (Lipinski definition) is 1. The van der Waals surface area contributed by atoms with Crippen LogP contribution in [-0.2, 0) is 0 Å². The van der Waals surface area contributed by atoms with Crippen molar-refractivity contribution in [3.8, 4) is 5.75 Å². The number of methoxy groups -OCH3 is 1. The maximum Gasteiger partial charge on any atom is 0.126 e. The summed E-state index contributed by atoms with van der Waals surface area (Å²) in [5.41, 5.74) is 2.34. The SMILES string of the molecule is CNC(c1cc(F)cc(F)c1)c1cc(Br)c(C)cc1OC. The van der Waals surface area contributed by atoms with Crippen LogP contribution in [0.25, 0.3) is 0 Å². The minimum absolute atomic E-state index is 0.373. The molecule has 0 bridgehead atoms. The first-order chi connectivity index (χ1) is 9.96. The van der Waals surface area contributed by atoms with E-state index in [1.54, 1.807) is 14.2 Å². The zero-order valence-electron chi connectivity index (χ0n) is 12.0. The van der Waals surface area contributed by atoms with Crippen LogP contribution < -0.4 is 10.1 Å². The molecular formula is C16H16BrF2NO. The van der Waals surface area contributed by atoms with Gasteiger partial charge in [0.1, 0.15) is 17.4 Å². The molecular weight excluding hydrogens is 340 g/mol. The summed E-state index contributed by atoms with van der Waals surface area (Å²) >= 11 is 3.48. The molecule has 0 aliphatic heterocycles. The molecule has 1 unspecified atom stereocenters. The second kappa shape index (κ2) is 6.54. The van der Waals surface area contributed by atoms with Gasteiger partial charge in [-0.25, -0.2) is 8.78 Å². The van der Waals surface area contributed by atoms with Crippen molar-refractivity contribution >= 4 is 15.9 Å². The summed E-state index contributed by atoms with van der Waals surface area (Å²) in [6.07, 6.45) is 0. The van der Waals surface area contributed by atoms with Crippen LogP contribution in [-0.4, -0.2) is 14.2 Å². The van der Waals surface area contributed by atoms with Gasteiger partial charge in [0.25, 0.3) is 0 Å². The van der Waals surface area contributed by atoms with E-state index in [2.05, 4.69) is 21.2 Å². The quantitative estimate of drug-likeness (QED) is 0.879. The van der Waals surface area contributed by atoms with Crippen LogP contribution in [0.2, 0.25) is 0 Å². The van der Waals surface area contributed by atoms with Gasteiger partial charge in [-0.2, -0.15) is 0 Å². The molecule has 0 aliphatic carbocycles. The molecule has 1 atom stereocenters. The zero-order valence-corrected chi connectivity index (χ0v) is 13.6. The highest BCUT2D eigenvalue weighted by Crippen LogP contribution is 2.34. The van der Waals surface area contributed by atoms with Crippen molar-refractivity contribution < 1.29 is 13.5 Å². The largest absolute Gasteiger partial charge is 0.496 e. The minimum Gasteiger partial charge on any atom is -0.496 e. The van der Waals surface area contributed by atoms with E-state index in [1.807, 2.05) is 19.1 Å². The fourth-order valence-electron chi connectivity index (χ4n) is 2.32. The molecule has 0 saturated carbocycles. The molecule has 0 fully saturated rings. The lowest BCUT2D eigenvalue weighted by molar-refractivity contribution is 0.404. The Kier molecular flexibility index (Phi) is 4.96. The monoisotopic (exact) mass is 355 g/mol. The third-order valence-corrected chi connectivity index (χ3v) is 4.18. The lowest BCUT2D eigenvalue weighted by atomic mass is 9.96. The number of aryl methyl sites for hydroxylation is 1. The van der Waals surface area contributed by atoms with Gasteiger partial charge in [-0.05, 0) is 49.4 Å². The Hall–Kier alpha value is -1.46. The van der Waals surface area contributed by atoms with Crippen LogP contribution in [0.4, 0.5) is 8.78 Å². The van der Waals surface area contributed by atoms with Crippen molar-refractivity contribution in [3.05, 3.63) is 63.1 Å².